The maximum Gasteiger partial charge on any atom is 0.273 e. The van der Waals surface area contributed by atoms with Crippen molar-refractivity contribution in [3.8, 4) is 0 Å². The number of benzene rings is 2. The van der Waals surface area contributed by atoms with Gasteiger partial charge in [-0.15, -0.1) is 0 Å². The Labute approximate surface area is 146 Å². The lowest BCUT2D eigenvalue weighted by atomic mass is 9.88. The molecule has 2 aromatic carbocycles. The van der Waals surface area contributed by atoms with Crippen molar-refractivity contribution in [3.63, 3.8) is 0 Å². The zero-order valence-corrected chi connectivity index (χ0v) is 14.7. The van der Waals surface area contributed by atoms with Crippen LogP contribution in [-0.2, 0) is 4.74 Å². The lowest BCUT2D eigenvalue weighted by molar-refractivity contribution is -0.561. The Bertz CT molecular complexity index is 1010. The number of para-hydroxylation sites is 2. The number of furan rings is 1. The lowest BCUT2D eigenvalue weighted by Gasteiger charge is -2.22. The van der Waals surface area contributed by atoms with E-state index in [9.17, 15) is 5.21 Å². The highest BCUT2D eigenvalue weighted by Crippen LogP contribution is 2.35. The molecule has 0 radical (unpaired) electrons. The first-order valence-electron chi connectivity index (χ1n) is 8.44. The van der Waals surface area contributed by atoms with Crippen LogP contribution in [-0.4, -0.2) is 23.8 Å². The lowest BCUT2D eigenvalue weighted by Crippen LogP contribution is -2.32. The standard InChI is InChI=1S/C21H21NO3/c1-21(2)13-15(22(23)20(21)24-3)12-11-14-7-6-9-17-16-8-4-5-10-18(16)25-19(14)17/h4-12,20H,13H2,1-3H3/b12-11+. The van der Waals surface area contributed by atoms with Gasteiger partial charge in [-0.1, -0.05) is 50.2 Å². The van der Waals surface area contributed by atoms with Gasteiger partial charge >= 0.3 is 0 Å². The SMILES string of the molecule is COC1[N+]([O-])=C(/C=C/c2cccc3c2oc2ccccc23)CC1(C)C. The fraction of sp³-hybridized carbons (Fsp3) is 0.286. The van der Waals surface area contributed by atoms with Gasteiger partial charge < -0.3 is 14.4 Å². The molecule has 0 fully saturated rings. The smallest absolute Gasteiger partial charge is 0.273 e. The molecule has 0 N–H and O–H groups in total. The van der Waals surface area contributed by atoms with E-state index in [0.29, 0.717) is 6.42 Å². The summed E-state index contributed by atoms with van der Waals surface area (Å²) in [6.45, 7) is 4.10. The van der Waals surface area contributed by atoms with Crippen molar-refractivity contribution in [1.82, 2.24) is 0 Å². The summed E-state index contributed by atoms with van der Waals surface area (Å²) in [7, 11) is 1.58. The van der Waals surface area contributed by atoms with Crippen LogP contribution in [0, 0.1) is 10.6 Å². The highest BCUT2D eigenvalue weighted by molar-refractivity contribution is 6.08. The Kier molecular flexibility index (Phi) is 3.65. The number of methoxy groups -OCH3 is 1. The number of ether oxygens (including phenoxy) is 1. The van der Waals surface area contributed by atoms with Gasteiger partial charge in [-0.3, -0.25) is 0 Å². The summed E-state index contributed by atoms with van der Waals surface area (Å²) in [5, 5.41) is 14.6. The van der Waals surface area contributed by atoms with E-state index >= 15 is 0 Å². The molecule has 0 saturated heterocycles. The molecule has 1 aromatic heterocycles. The monoisotopic (exact) mass is 335 g/mol. The maximum absolute atomic E-state index is 12.5. The minimum absolute atomic E-state index is 0.207. The Hall–Kier alpha value is -2.59. The van der Waals surface area contributed by atoms with Crippen molar-refractivity contribution in [2.75, 3.05) is 7.11 Å². The van der Waals surface area contributed by atoms with E-state index in [0.717, 1.165) is 38.0 Å². The van der Waals surface area contributed by atoms with Gasteiger partial charge in [-0.25, -0.2) is 0 Å². The van der Waals surface area contributed by atoms with Crippen LogP contribution in [0.3, 0.4) is 0 Å². The molecule has 1 unspecified atom stereocenters. The van der Waals surface area contributed by atoms with Gasteiger partial charge in [0.15, 0.2) is 5.71 Å². The van der Waals surface area contributed by atoms with Crippen LogP contribution in [0.1, 0.15) is 25.8 Å². The van der Waals surface area contributed by atoms with Crippen LogP contribution < -0.4 is 0 Å². The minimum atomic E-state index is -0.450. The average Bonchev–Trinajstić information content (AvgIpc) is 3.07. The number of fused-ring (bicyclic) bond motifs is 3. The molecule has 4 heteroatoms. The normalized spacial score (nSPS) is 20.4. The zero-order valence-electron chi connectivity index (χ0n) is 14.7. The third-order valence-corrected chi connectivity index (χ3v) is 4.91. The summed E-state index contributed by atoms with van der Waals surface area (Å²) in [5.41, 5.74) is 3.20. The van der Waals surface area contributed by atoms with E-state index in [2.05, 4.69) is 12.1 Å². The molecular formula is C21H21NO3. The van der Waals surface area contributed by atoms with Crippen molar-refractivity contribution >= 4 is 33.7 Å². The first kappa shape index (κ1) is 15.9. The number of rotatable bonds is 3. The van der Waals surface area contributed by atoms with Crippen molar-refractivity contribution < 1.29 is 13.9 Å². The van der Waals surface area contributed by atoms with E-state index in [1.807, 2.05) is 56.3 Å². The number of hydroxylamine groups is 1. The Morgan fingerprint density at radius 1 is 1.12 bits per heavy atom. The molecule has 0 saturated carbocycles. The summed E-state index contributed by atoms with van der Waals surface area (Å²) >= 11 is 0. The van der Waals surface area contributed by atoms with Crippen molar-refractivity contribution in [2.45, 2.75) is 26.5 Å². The molecule has 1 aliphatic rings. The van der Waals surface area contributed by atoms with E-state index in [1.165, 1.54) is 0 Å². The van der Waals surface area contributed by atoms with E-state index in [4.69, 9.17) is 9.15 Å². The summed E-state index contributed by atoms with van der Waals surface area (Å²) < 4.78 is 12.4. The van der Waals surface area contributed by atoms with Gasteiger partial charge in [0, 0.05) is 35.9 Å². The summed E-state index contributed by atoms with van der Waals surface area (Å²) in [6, 6.07) is 14.1. The second kappa shape index (κ2) is 5.74. The van der Waals surface area contributed by atoms with E-state index in [1.54, 1.807) is 7.11 Å². The van der Waals surface area contributed by atoms with Crippen molar-refractivity contribution in [2.24, 2.45) is 5.41 Å². The molecule has 25 heavy (non-hydrogen) atoms. The summed E-state index contributed by atoms with van der Waals surface area (Å²) in [5.74, 6) is 0. The van der Waals surface area contributed by atoms with Gasteiger partial charge in [0.05, 0.1) is 5.41 Å². The average molecular weight is 335 g/mol. The molecule has 0 spiro atoms. The van der Waals surface area contributed by atoms with Crippen LogP contribution in [0.4, 0.5) is 0 Å². The molecule has 0 aliphatic carbocycles. The molecule has 0 bridgehead atoms. The number of nitrogens with zero attached hydrogens (tertiary/aromatic N) is 1. The zero-order chi connectivity index (χ0) is 17.6. The Morgan fingerprint density at radius 2 is 1.88 bits per heavy atom. The van der Waals surface area contributed by atoms with Gasteiger partial charge in [0.1, 0.15) is 11.2 Å². The topological polar surface area (TPSA) is 48.4 Å². The van der Waals surface area contributed by atoms with E-state index in [-0.39, 0.29) is 5.41 Å². The molecular weight excluding hydrogens is 314 g/mol. The first-order chi connectivity index (χ1) is 12.0. The molecule has 4 rings (SSSR count). The van der Waals surface area contributed by atoms with Crippen LogP contribution in [0.2, 0.25) is 0 Å². The van der Waals surface area contributed by atoms with Crippen LogP contribution in [0.25, 0.3) is 28.0 Å². The van der Waals surface area contributed by atoms with Crippen LogP contribution in [0.5, 0.6) is 0 Å². The fourth-order valence-corrected chi connectivity index (χ4v) is 3.73. The molecule has 128 valence electrons. The molecule has 1 atom stereocenters. The first-order valence-corrected chi connectivity index (χ1v) is 8.44. The predicted octanol–water partition coefficient (Wildman–Crippen LogP) is 4.95. The highest BCUT2D eigenvalue weighted by Gasteiger charge is 2.45. The second-order valence-corrected chi connectivity index (χ2v) is 7.23. The highest BCUT2D eigenvalue weighted by atomic mass is 16.6. The maximum atomic E-state index is 12.5. The third kappa shape index (κ3) is 2.53. The van der Waals surface area contributed by atoms with Gasteiger partial charge in [-0.2, -0.15) is 4.74 Å². The third-order valence-electron chi connectivity index (χ3n) is 4.91. The fourth-order valence-electron chi connectivity index (χ4n) is 3.73. The molecule has 2 heterocycles. The largest absolute Gasteiger partial charge is 0.622 e. The summed E-state index contributed by atoms with van der Waals surface area (Å²) in [6.07, 6.45) is 4.07. The molecule has 1 aliphatic heterocycles. The molecule has 0 amide bonds. The predicted molar refractivity (Wildman–Crippen MR) is 101 cm³/mol. The van der Waals surface area contributed by atoms with Gasteiger partial charge in [0.25, 0.3) is 6.23 Å². The Morgan fingerprint density at radius 3 is 2.64 bits per heavy atom. The quantitative estimate of drug-likeness (QED) is 0.502. The van der Waals surface area contributed by atoms with E-state index < -0.39 is 6.23 Å². The number of allylic oxidation sites excluding steroid dienone is 1. The number of hydrogen-bond donors (Lipinski definition) is 0. The minimum Gasteiger partial charge on any atom is -0.622 e. The number of hydrogen-bond acceptors (Lipinski definition) is 3. The van der Waals surface area contributed by atoms with Gasteiger partial charge in [0.2, 0.25) is 0 Å². The Balaban J connectivity index is 1.76. The van der Waals surface area contributed by atoms with Crippen molar-refractivity contribution in [3.05, 3.63) is 59.3 Å². The van der Waals surface area contributed by atoms with Crippen molar-refractivity contribution in [1.29, 1.82) is 0 Å². The molecule has 3 aromatic rings. The summed E-state index contributed by atoms with van der Waals surface area (Å²) in [4.78, 5) is 0. The van der Waals surface area contributed by atoms with Crippen LogP contribution in [0.15, 0.2) is 53.0 Å². The second-order valence-electron chi connectivity index (χ2n) is 7.23. The van der Waals surface area contributed by atoms with Crippen LogP contribution >= 0.6 is 0 Å². The molecule has 4 nitrogen and oxygen atoms in total. The van der Waals surface area contributed by atoms with Gasteiger partial charge in [-0.05, 0) is 12.1 Å².